The van der Waals surface area contributed by atoms with E-state index in [9.17, 15) is 4.39 Å². The summed E-state index contributed by atoms with van der Waals surface area (Å²) in [4.78, 5) is 0. The van der Waals surface area contributed by atoms with Crippen LogP contribution in [0.1, 0.15) is 54.2 Å². The number of benzene rings is 5. The molecule has 0 amide bonds. The molecule has 0 aromatic heterocycles. The Morgan fingerprint density at radius 3 is 1.75 bits per heavy atom. The highest BCUT2D eigenvalue weighted by molar-refractivity contribution is 6.74. The molecule has 5 atom stereocenters. The van der Waals surface area contributed by atoms with Crippen molar-refractivity contribution in [3.63, 3.8) is 0 Å². The van der Waals surface area contributed by atoms with Crippen LogP contribution in [0.25, 0.3) is 0 Å². The predicted octanol–water partition coefficient (Wildman–Crippen LogP) is 11.2. The largest absolute Gasteiger partial charge is 0.494 e. The van der Waals surface area contributed by atoms with Crippen molar-refractivity contribution < 1.29 is 41.6 Å². The van der Waals surface area contributed by atoms with Gasteiger partial charge in [-0.1, -0.05) is 136 Å². The number of ether oxygens (including phenoxy) is 6. The monoisotopic (exact) mass is 844 g/mol. The van der Waals surface area contributed by atoms with Gasteiger partial charge in [0.1, 0.15) is 24.4 Å². The molecule has 1 saturated heterocycles. The summed E-state index contributed by atoms with van der Waals surface area (Å²) in [7, 11) is 0.531. The topological polar surface area (TPSA) is 64.6 Å². The Balaban J connectivity index is 1.49. The molecule has 1 aliphatic heterocycles. The van der Waals surface area contributed by atoms with Crippen LogP contribution < -0.4 is 4.74 Å². The molecular weight excluding hydrogens is 790 g/mol. The molecule has 1 fully saturated rings. The van der Waals surface area contributed by atoms with E-state index in [1.165, 1.54) is 19.2 Å². The van der Waals surface area contributed by atoms with E-state index in [4.69, 9.17) is 44.4 Å². The SMILES string of the molecule is COc1ccc(Cc2cc([C@]3(OC)O[C@H](CO[Si](C)(C)C(C)(C)C)[C@@H](OCc4ccccc4)[C@H](OCc4ccccc4)[C@H]3OCc3ccccc3)ccc2Cl)c(F)c1F. The molecule has 0 spiro atoms. The number of hydrogen-bond acceptors (Lipinski definition) is 7. The van der Waals surface area contributed by atoms with E-state index in [-0.39, 0.29) is 49.2 Å². The van der Waals surface area contributed by atoms with Crippen LogP contribution in [0.5, 0.6) is 5.75 Å². The molecule has 0 unspecified atom stereocenters. The van der Waals surface area contributed by atoms with Crippen LogP contribution in [0, 0.1) is 11.6 Å². The lowest BCUT2D eigenvalue weighted by Crippen LogP contribution is -2.66. The second-order valence-corrected chi connectivity index (χ2v) is 21.6. The van der Waals surface area contributed by atoms with Gasteiger partial charge in [-0.05, 0) is 64.1 Å². The molecule has 1 aliphatic rings. The summed E-state index contributed by atoms with van der Waals surface area (Å²) in [5.41, 5.74) is 4.04. The van der Waals surface area contributed by atoms with Crippen LogP contribution in [0.2, 0.25) is 23.2 Å². The van der Waals surface area contributed by atoms with Crippen molar-refractivity contribution in [1.82, 2.24) is 0 Å². The minimum absolute atomic E-state index is 0.0244. The van der Waals surface area contributed by atoms with Gasteiger partial charge in [0.15, 0.2) is 19.9 Å². The Hall–Kier alpha value is -3.97. The molecule has 0 aliphatic carbocycles. The first-order valence-electron chi connectivity index (χ1n) is 19.9. The Labute approximate surface area is 353 Å². The van der Waals surface area contributed by atoms with Crippen LogP contribution in [0.4, 0.5) is 8.78 Å². The van der Waals surface area contributed by atoms with Crippen molar-refractivity contribution in [2.24, 2.45) is 0 Å². The molecule has 0 N–H and O–H groups in total. The molecule has 0 bridgehead atoms. The Morgan fingerprint density at radius 1 is 0.678 bits per heavy atom. The van der Waals surface area contributed by atoms with Crippen LogP contribution in [-0.4, -0.2) is 53.6 Å². The average Bonchev–Trinajstić information content (AvgIpc) is 3.24. The summed E-state index contributed by atoms with van der Waals surface area (Å²) >= 11 is 6.83. The van der Waals surface area contributed by atoms with Crippen molar-refractivity contribution in [3.8, 4) is 5.75 Å². The minimum Gasteiger partial charge on any atom is -0.494 e. The van der Waals surface area contributed by atoms with E-state index in [0.717, 1.165) is 16.7 Å². The fourth-order valence-electron chi connectivity index (χ4n) is 6.99. The first kappa shape index (κ1) is 44.6. The zero-order valence-corrected chi connectivity index (χ0v) is 36.6. The summed E-state index contributed by atoms with van der Waals surface area (Å²) in [6.45, 7) is 11.8. The van der Waals surface area contributed by atoms with Gasteiger partial charge in [-0.2, -0.15) is 4.39 Å². The van der Waals surface area contributed by atoms with Crippen LogP contribution in [-0.2, 0) is 60.1 Å². The van der Waals surface area contributed by atoms with Gasteiger partial charge in [0.2, 0.25) is 11.6 Å². The Morgan fingerprint density at radius 2 is 1.22 bits per heavy atom. The highest BCUT2D eigenvalue weighted by atomic mass is 35.5. The van der Waals surface area contributed by atoms with Gasteiger partial charge < -0.3 is 32.8 Å². The molecule has 0 radical (unpaired) electrons. The van der Waals surface area contributed by atoms with Crippen LogP contribution in [0.3, 0.4) is 0 Å². The van der Waals surface area contributed by atoms with Crippen LogP contribution >= 0.6 is 11.6 Å². The lowest BCUT2D eigenvalue weighted by atomic mass is 9.86. The first-order chi connectivity index (χ1) is 28.3. The molecule has 5 aromatic carbocycles. The maximum atomic E-state index is 15.4. The van der Waals surface area contributed by atoms with E-state index < -0.39 is 50.2 Å². The van der Waals surface area contributed by atoms with Gasteiger partial charge in [-0.3, -0.25) is 0 Å². The molecule has 314 valence electrons. The average molecular weight is 845 g/mol. The molecule has 1 heterocycles. The minimum atomic E-state index is -2.33. The first-order valence-corrected chi connectivity index (χ1v) is 23.2. The van der Waals surface area contributed by atoms with E-state index >= 15 is 4.39 Å². The third kappa shape index (κ3) is 10.5. The summed E-state index contributed by atoms with van der Waals surface area (Å²) in [5, 5.41) is 0.263. The van der Waals surface area contributed by atoms with Gasteiger partial charge in [-0.25, -0.2) is 4.39 Å². The van der Waals surface area contributed by atoms with E-state index in [1.54, 1.807) is 19.2 Å². The van der Waals surface area contributed by atoms with Crippen molar-refractivity contribution in [2.75, 3.05) is 20.8 Å². The van der Waals surface area contributed by atoms with Gasteiger partial charge in [-0.15, -0.1) is 0 Å². The summed E-state index contributed by atoms with van der Waals surface area (Å²) in [5.74, 6) is -3.90. The number of halogens is 3. The normalized spacial score (nSPS) is 21.1. The number of methoxy groups -OCH3 is 2. The second kappa shape index (κ2) is 19.6. The molecule has 5 aromatic rings. The standard InChI is InChI=1S/C48H55ClF2O7Si/c1-47(2,3)59(6,7)57-32-41-44(54-29-33-17-11-8-12-18-33)45(55-30-34-19-13-9-14-20-34)46(56-31-35-21-15-10-16-22-35)48(53-5,58-41)38-24-25-39(49)37(28-38)27-36-23-26-40(52-4)43(51)42(36)50/h8-26,28,41,44-46H,27,29-32H2,1-7H3/t41-,44-,45+,46-,48+/m1/s1. The third-order valence-electron chi connectivity index (χ3n) is 11.4. The van der Waals surface area contributed by atoms with E-state index in [2.05, 4.69) is 33.9 Å². The fourth-order valence-corrected chi connectivity index (χ4v) is 8.19. The Kier molecular flexibility index (Phi) is 14.8. The molecular formula is C48H55ClF2O7Si. The van der Waals surface area contributed by atoms with Crippen molar-refractivity contribution in [3.05, 3.63) is 171 Å². The fraction of sp³-hybridized carbons (Fsp3) is 0.375. The smallest absolute Gasteiger partial charge is 0.225 e. The van der Waals surface area contributed by atoms with Gasteiger partial charge in [0.05, 0.1) is 33.5 Å². The summed E-state index contributed by atoms with van der Waals surface area (Å²) < 4.78 is 77.0. The summed E-state index contributed by atoms with van der Waals surface area (Å²) in [6, 6.07) is 37.9. The van der Waals surface area contributed by atoms with E-state index in [0.29, 0.717) is 16.1 Å². The highest BCUT2D eigenvalue weighted by Crippen LogP contribution is 2.46. The molecule has 0 saturated carbocycles. The summed E-state index contributed by atoms with van der Waals surface area (Å²) in [6.07, 6.45) is -3.17. The van der Waals surface area contributed by atoms with Gasteiger partial charge >= 0.3 is 0 Å². The third-order valence-corrected chi connectivity index (χ3v) is 16.3. The zero-order chi connectivity index (χ0) is 42.2. The van der Waals surface area contributed by atoms with Crippen molar-refractivity contribution in [2.45, 2.75) is 95.3 Å². The van der Waals surface area contributed by atoms with E-state index in [1.807, 2.05) is 97.1 Å². The number of hydrogen-bond donors (Lipinski definition) is 0. The lowest BCUT2D eigenvalue weighted by Gasteiger charge is -2.52. The quantitative estimate of drug-likeness (QED) is 0.0864. The van der Waals surface area contributed by atoms with Gasteiger partial charge in [0, 0.05) is 24.1 Å². The molecule has 59 heavy (non-hydrogen) atoms. The maximum absolute atomic E-state index is 15.4. The lowest BCUT2D eigenvalue weighted by molar-refractivity contribution is -0.384. The Bertz CT molecular complexity index is 2100. The molecule has 6 rings (SSSR count). The maximum Gasteiger partial charge on any atom is 0.225 e. The predicted molar refractivity (Wildman–Crippen MR) is 229 cm³/mol. The zero-order valence-electron chi connectivity index (χ0n) is 34.9. The van der Waals surface area contributed by atoms with Gasteiger partial charge in [0.25, 0.3) is 0 Å². The van der Waals surface area contributed by atoms with Crippen LogP contribution in [0.15, 0.2) is 121 Å². The van der Waals surface area contributed by atoms with Crippen molar-refractivity contribution in [1.29, 1.82) is 0 Å². The molecule has 11 heteroatoms. The second-order valence-electron chi connectivity index (χ2n) is 16.4. The van der Waals surface area contributed by atoms with Crippen molar-refractivity contribution >= 4 is 19.9 Å². The molecule has 7 nitrogen and oxygen atoms in total. The number of rotatable bonds is 17. The highest BCUT2D eigenvalue weighted by Gasteiger charge is 2.59.